The van der Waals surface area contributed by atoms with Crippen molar-refractivity contribution in [3.05, 3.63) is 102 Å². The summed E-state index contributed by atoms with van der Waals surface area (Å²) in [6.07, 6.45) is -11.5. The monoisotopic (exact) mass is 1350 g/mol. The van der Waals surface area contributed by atoms with Gasteiger partial charge in [-0.25, -0.2) is 0 Å². The minimum atomic E-state index is -2.04. The normalized spacial score (nSPS) is 24.2. The molecule has 3 aliphatic heterocycles. The van der Waals surface area contributed by atoms with Crippen LogP contribution in [-0.4, -0.2) is 230 Å². The summed E-state index contributed by atoms with van der Waals surface area (Å²) in [5, 5.41) is 101. The highest BCUT2D eigenvalue weighted by atomic mass is 35.5. The van der Waals surface area contributed by atoms with Crippen molar-refractivity contribution in [1.29, 1.82) is 0 Å². The molecule has 16 N–H and O–H groups in total. The van der Waals surface area contributed by atoms with Crippen molar-refractivity contribution in [3.8, 4) is 49.5 Å². The fourth-order valence-corrected chi connectivity index (χ4v) is 11.8. The number of phenolic OH excluding ortho intramolecular Hbond substituents is 1. The Bertz CT molecular complexity index is 3340. The Hall–Kier alpha value is -7.65. The van der Waals surface area contributed by atoms with E-state index in [1.165, 1.54) is 48.6 Å². The van der Waals surface area contributed by atoms with E-state index in [9.17, 15) is 69.3 Å². The van der Waals surface area contributed by atoms with Gasteiger partial charge >= 0.3 is 0 Å². The number of methoxy groups -OCH3 is 1. The molecule has 0 aliphatic carbocycles. The van der Waals surface area contributed by atoms with Gasteiger partial charge in [0.05, 0.1) is 49.8 Å². The molecule has 1 aromatic heterocycles. The summed E-state index contributed by atoms with van der Waals surface area (Å²) in [6, 6.07) is 14.7. The predicted octanol–water partition coefficient (Wildman–Crippen LogP) is -0.862. The highest BCUT2D eigenvalue weighted by Crippen LogP contribution is 2.33. The van der Waals surface area contributed by atoms with Crippen LogP contribution in [0.15, 0.2) is 91.0 Å². The third-order valence-corrected chi connectivity index (χ3v) is 17.0. The van der Waals surface area contributed by atoms with E-state index in [4.69, 9.17) is 25.7 Å². The zero-order chi connectivity index (χ0) is 65.6. The maximum atomic E-state index is 14.7. The zero-order valence-corrected chi connectivity index (χ0v) is 53.7. The molecule has 31 heteroatoms. The predicted molar refractivity (Wildman–Crippen MR) is 344 cm³/mol. The molecule has 5 aromatic rings. The molecule has 3 saturated heterocycles. The Labute approximate surface area is 552 Å². The number of aliphatic hydroxyl groups excluding tert-OH is 6. The first-order valence-corrected chi connectivity index (χ1v) is 30.7. The standard InChI is InChI=1S/C62H79N11O17S.2ClH/c1-32-30-73-52(53(32)80)58(85)65-29-40(75)27-43(66-54(81)37-8-12-39(13-9-37)60-71-70-59(91-60)38-10-6-35(7-11-38)36-14-16-42(17-15-36)89-24-23-88-3)55(82)67-49(33(2)74)61(86)72-31-41(76)28-44(72)56(83)68-50(57(84)69-51(62(73)87)46(78)19-21-64)47(79)25-34-5-18-45(77)48(26-34)90-22-4-20-63;;/h5-18,26,32-33,40-41,43-44,46-47,49-53,74-80H,4,19-25,27-31,63-64H2,1-3H3,(H,65,85)(H,66,81)(H,67,82)(H,68,83)(H,69,84);2*1H/t32-,33+,40+,41+,43-,44-,46+,47+,49-,50-,51-,52-,53-;;/m0../s1. The van der Waals surface area contributed by atoms with Gasteiger partial charge in [-0.2, -0.15) is 0 Å². The molecule has 506 valence electrons. The number of benzene rings is 4. The Morgan fingerprint density at radius 3 is 1.91 bits per heavy atom. The van der Waals surface area contributed by atoms with Gasteiger partial charge in [0.25, 0.3) is 5.91 Å². The number of ether oxygens (including phenoxy) is 3. The van der Waals surface area contributed by atoms with Crippen molar-refractivity contribution in [3.63, 3.8) is 0 Å². The van der Waals surface area contributed by atoms with Crippen LogP contribution in [0.25, 0.3) is 32.3 Å². The quantitative estimate of drug-likeness (QED) is 0.0422. The van der Waals surface area contributed by atoms with Crippen LogP contribution in [-0.2, 0) is 39.9 Å². The van der Waals surface area contributed by atoms with Gasteiger partial charge in [0.15, 0.2) is 11.5 Å². The lowest BCUT2D eigenvalue weighted by molar-refractivity contribution is -0.147. The molecule has 8 rings (SSSR count). The fraction of sp³-hybridized carbons (Fsp3) is 0.468. The lowest BCUT2D eigenvalue weighted by Gasteiger charge is -2.34. The van der Waals surface area contributed by atoms with Gasteiger partial charge in [-0.05, 0) is 85.9 Å². The number of phenols is 1. The maximum absolute atomic E-state index is 14.7. The number of hydrogen-bond acceptors (Lipinski definition) is 22. The smallest absolute Gasteiger partial charge is 0.251 e. The molecule has 3 aliphatic rings. The van der Waals surface area contributed by atoms with E-state index >= 15 is 0 Å². The number of carbonyl (C=O) groups excluding carboxylic acids is 7. The number of nitrogens with one attached hydrogen (secondary N) is 5. The summed E-state index contributed by atoms with van der Waals surface area (Å²) >= 11 is 1.30. The number of carbonyl (C=O) groups is 7. The molecular weight excluding hydrogens is 1270 g/mol. The Morgan fingerprint density at radius 1 is 0.688 bits per heavy atom. The molecule has 3 fully saturated rings. The number of aromatic nitrogens is 2. The SMILES string of the molecule is COCCOc1ccc(-c2ccc(-c3nnc(-c4ccc(C(=O)N[C@H]5C[C@@H](O)CNC(=O)[C@@H]6[C@@H](O)[C@@H](C)CN6C(=O)[C@H]([C@H](O)CCN)NC(=O)[C@H]([C@H](O)Cc6ccc(O)c(OCCCN)c6)NC(=O)[C@@H]6C[C@@H](O)CN6C(=O)[C@H]([C@@H](C)O)NC5=O)cc4)s3)cc2)cc1.Cl.Cl. The summed E-state index contributed by atoms with van der Waals surface area (Å²) < 4.78 is 16.4. The molecular formula is C62H81Cl2N11O17S. The van der Waals surface area contributed by atoms with E-state index in [1.54, 1.807) is 19.2 Å². The van der Waals surface area contributed by atoms with E-state index in [0.29, 0.717) is 35.2 Å². The van der Waals surface area contributed by atoms with Crippen LogP contribution in [0.2, 0.25) is 0 Å². The van der Waals surface area contributed by atoms with E-state index < -0.39 is 152 Å². The van der Waals surface area contributed by atoms with Crippen molar-refractivity contribution < 1.29 is 83.5 Å². The van der Waals surface area contributed by atoms with Crippen LogP contribution in [0.4, 0.5) is 0 Å². The summed E-state index contributed by atoms with van der Waals surface area (Å²) in [6.45, 7) is 2.27. The number of β-amino-alcohol motifs (C(OH)–C–C–N with tert-alkyl or cyclic N) is 1. The number of aromatic hydroxyl groups is 1. The first-order chi connectivity index (χ1) is 43.6. The summed E-state index contributed by atoms with van der Waals surface area (Å²) in [5.74, 6) is -7.90. The van der Waals surface area contributed by atoms with Crippen molar-refractivity contribution >= 4 is 77.5 Å². The van der Waals surface area contributed by atoms with E-state index in [0.717, 1.165) is 39.2 Å². The van der Waals surface area contributed by atoms with E-state index in [-0.39, 0.29) is 80.1 Å². The second-order valence-electron chi connectivity index (χ2n) is 22.8. The molecule has 0 radical (unpaired) electrons. The van der Waals surface area contributed by atoms with E-state index in [1.807, 2.05) is 48.5 Å². The number of fused-ring (bicyclic) bond motifs is 2. The van der Waals surface area contributed by atoms with Crippen molar-refractivity contribution in [1.82, 2.24) is 46.6 Å². The second-order valence-corrected chi connectivity index (χ2v) is 23.8. The van der Waals surface area contributed by atoms with Crippen LogP contribution in [0.1, 0.15) is 55.5 Å². The fourth-order valence-electron chi connectivity index (χ4n) is 10.9. The first-order valence-electron chi connectivity index (χ1n) is 29.9. The van der Waals surface area contributed by atoms with Crippen molar-refractivity contribution in [2.45, 2.75) is 119 Å². The number of rotatable bonds is 20. The number of hydrogen-bond donors (Lipinski definition) is 14. The van der Waals surface area contributed by atoms with Gasteiger partial charge in [-0.15, -0.1) is 35.0 Å². The van der Waals surface area contributed by atoms with Crippen LogP contribution in [0.5, 0.6) is 17.2 Å². The van der Waals surface area contributed by atoms with Gasteiger partial charge in [0.2, 0.25) is 35.4 Å². The second kappa shape index (κ2) is 34.5. The Kier molecular flexibility index (Phi) is 27.6. The number of nitrogens with zero attached hydrogens (tertiary/aromatic N) is 4. The van der Waals surface area contributed by atoms with E-state index in [2.05, 4.69) is 36.8 Å². The number of amides is 7. The van der Waals surface area contributed by atoms with Crippen LogP contribution in [0, 0.1) is 5.92 Å². The molecule has 7 amide bonds. The maximum Gasteiger partial charge on any atom is 0.251 e. The number of aliphatic hydroxyl groups is 6. The van der Waals surface area contributed by atoms with Crippen LogP contribution in [0.3, 0.4) is 0 Å². The van der Waals surface area contributed by atoms with Crippen molar-refractivity contribution in [2.24, 2.45) is 17.4 Å². The summed E-state index contributed by atoms with van der Waals surface area (Å²) in [4.78, 5) is 103. The highest BCUT2D eigenvalue weighted by Gasteiger charge is 2.50. The van der Waals surface area contributed by atoms with Gasteiger partial charge in [0, 0.05) is 68.6 Å². The molecule has 0 bridgehead atoms. The third-order valence-electron chi connectivity index (χ3n) is 16.0. The molecule has 0 saturated carbocycles. The topological polar surface area (TPSA) is 433 Å². The molecule has 0 spiro atoms. The van der Waals surface area contributed by atoms with Crippen LogP contribution < -0.4 is 47.5 Å². The van der Waals surface area contributed by atoms with Gasteiger partial charge < -0.3 is 97.8 Å². The zero-order valence-electron chi connectivity index (χ0n) is 51.2. The number of nitrogens with two attached hydrogens (primary N) is 2. The van der Waals surface area contributed by atoms with Gasteiger partial charge in [-0.3, -0.25) is 33.6 Å². The minimum absolute atomic E-state index is 0. The van der Waals surface area contributed by atoms with Crippen molar-refractivity contribution in [2.75, 3.05) is 59.7 Å². The van der Waals surface area contributed by atoms with Gasteiger partial charge in [-0.1, -0.05) is 72.9 Å². The van der Waals surface area contributed by atoms with Crippen LogP contribution >= 0.6 is 36.2 Å². The summed E-state index contributed by atoms with van der Waals surface area (Å²) in [5.41, 5.74) is 15.1. The lowest BCUT2D eigenvalue weighted by Crippen LogP contribution is -2.64. The molecule has 4 aromatic carbocycles. The average Bonchev–Trinajstić information content (AvgIpc) is 1.70. The summed E-state index contributed by atoms with van der Waals surface area (Å²) in [7, 11) is 1.61. The molecule has 4 heterocycles. The largest absolute Gasteiger partial charge is 0.504 e. The first kappa shape index (κ1) is 74.4. The minimum Gasteiger partial charge on any atom is -0.504 e. The molecule has 28 nitrogen and oxygen atoms in total. The molecule has 93 heavy (non-hydrogen) atoms. The molecule has 13 atom stereocenters. The molecule has 0 unspecified atom stereocenters. The third kappa shape index (κ3) is 18.8. The van der Waals surface area contributed by atoms with Gasteiger partial charge in [0.1, 0.15) is 58.6 Å². The lowest BCUT2D eigenvalue weighted by atomic mass is 9.98. The Balaban J connectivity index is 0.00000686. The number of halogens is 2. The average molecular weight is 1360 g/mol. The Morgan fingerprint density at radius 2 is 1.29 bits per heavy atom. The highest BCUT2D eigenvalue weighted by molar-refractivity contribution is 7.17.